The third-order valence-corrected chi connectivity index (χ3v) is 4.19. The highest BCUT2D eigenvalue weighted by Gasteiger charge is 2.10. The van der Waals surface area contributed by atoms with E-state index in [2.05, 4.69) is 40.5 Å². The first-order valence-electron chi connectivity index (χ1n) is 8.55. The SMILES string of the molecule is c1ccc(Nc2nc3ncnc(NCc4nc5ccccc5[nH]4)c3[nH]2)cc1. The number of benzene rings is 2. The van der Waals surface area contributed by atoms with E-state index in [0.29, 0.717) is 24.0 Å². The van der Waals surface area contributed by atoms with Crippen LogP contribution in [0.15, 0.2) is 60.9 Å². The summed E-state index contributed by atoms with van der Waals surface area (Å²) in [6.45, 7) is 0.515. The van der Waals surface area contributed by atoms with Crippen molar-refractivity contribution in [3.8, 4) is 0 Å². The van der Waals surface area contributed by atoms with Crippen molar-refractivity contribution in [2.45, 2.75) is 6.54 Å². The molecule has 0 spiro atoms. The highest BCUT2D eigenvalue weighted by Crippen LogP contribution is 2.21. The Morgan fingerprint density at radius 1 is 0.852 bits per heavy atom. The summed E-state index contributed by atoms with van der Waals surface area (Å²) < 4.78 is 0. The first-order valence-corrected chi connectivity index (χ1v) is 8.55. The fourth-order valence-electron chi connectivity index (χ4n) is 2.94. The van der Waals surface area contributed by atoms with Crippen LogP contribution >= 0.6 is 0 Å². The lowest BCUT2D eigenvalue weighted by molar-refractivity contribution is 0.996. The lowest BCUT2D eigenvalue weighted by Crippen LogP contribution is -2.04. The summed E-state index contributed by atoms with van der Waals surface area (Å²) >= 11 is 0. The first kappa shape index (κ1) is 15.3. The summed E-state index contributed by atoms with van der Waals surface area (Å²) in [4.78, 5) is 24.1. The molecule has 8 nitrogen and oxygen atoms in total. The number of para-hydroxylation sites is 3. The van der Waals surface area contributed by atoms with Crippen LogP contribution in [0.4, 0.5) is 17.5 Å². The number of hydrogen-bond donors (Lipinski definition) is 4. The molecule has 4 N–H and O–H groups in total. The third kappa shape index (κ3) is 3.04. The summed E-state index contributed by atoms with van der Waals surface area (Å²) in [5.74, 6) is 2.13. The molecular formula is C19H16N8. The minimum Gasteiger partial charge on any atom is -0.361 e. The van der Waals surface area contributed by atoms with Gasteiger partial charge in [-0.2, -0.15) is 4.98 Å². The van der Waals surface area contributed by atoms with Gasteiger partial charge in [-0.25, -0.2) is 15.0 Å². The monoisotopic (exact) mass is 356 g/mol. The van der Waals surface area contributed by atoms with Crippen molar-refractivity contribution in [3.05, 3.63) is 66.7 Å². The van der Waals surface area contributed by atoms with E-state index in [4.69, 9.17) is 0 Å². The van der Waals surface area contributed by atoms with Crippen LogP contribution in [0.1, 0.15) is 5.82 Å². The predicted molar refractivity (Wildman–Crippen MR) is 105 cm³/mol. The lowest BCUT2D eigenvalue weighted by atomic mass is 10.3. The van der Waals surface area contributed by atoms with E-state index in [1.54, 1.807) is 0 Å². The minimum absolute atomic E-state index is 0.515. The van der Waals surface area contributed by atoms with Gasteiger partial charge in [-0.1, -0.05) is 30.3 Å². The van der Waals surface area contributed by atoms with Crippen molar-refractivity contribution in [1.82, 2.24) is 29.9 Å². The molecule has 3 heterocycles. The van der Waals surface area contributed by atoms with E-state index in [-0.39, 0.29) is 0 Å². The second-order valence-corrected chi connectivity index (χ2v) is 6.05. The van der Waals surface area contributed by atoms with Gasteiger partial charge in [0.15, 0.2) is 11.5 Å². The molecule has 5 aromatic rings. The van der Waals surface area contributed by atoms with Gasteiger partial charge in [-0.15, -0.1) is 0 Å². The van der Waals surface area contributed by atoms with Gasteiger partial charge in [-0.05, 0) is 24.3 Å². The van der Waals surface area contributed by atoms with Crippen molar-refractivity contribution in [3.63, 3.8) is 0 Å². The molecule has 0 bridgehead atoms. The standard InChI is InChI=1S/C19H16N8/c1-2-6-12(7-3-1)23-19-26-16-17(21-11-22-18(16)27-19)20-10-15-24-13-8-4-5-9-14(13)25-15/h1-9,11H,10H2,(H,24,25)(H3,20,21,22,23,26,27). The fourth-order valence-corrected chi connectivity index (χ4v) is 2.94. The molecule has 27 heavy (non-hydrogen) atoms. The van der Waals surface area contributed by atoms with Crippen LogP contribution in [0.5, 0.6) is 0 Å². The molecule has 132 valence electrons. The molecule has 0 saturated heterocycles. The van der Waals surface area contributed by atoms with Gasteiger partial charge in [0.25, 0.3) is 0 Å². The smallest absolute Gasteiger partial charge is 0.207 e. The lowest BCUT2D eigenvalue weighted by Gasteiger charge is -2.03. The normalized spacial score (nSPS) is 11.1. The number of nitrogens with one attached hydrogen (secondary N) is 4. The molecule has 0 unspecified atom stereocenters. The number of fused-ring (bicyclic) bond motifs is 2. The Morgan fingerprint density at radius 3 is 2.59 bits per heavy atom. The van der Waals surface area contributed by atoms with Gasteiger partial charge in [0, 0.05) is 5.69 Å². The number of H-pyrrole nitrogens is 2. The molecule has 0 aliphatic carbocycles. The summed E-state index contributed by atoms with van der Waals surface area (Å²) in [5.41, 5.74) is 4.24. The van der Waals surface area contributed by atoms with Crippen molar-refractivity contribution < 1.29 is 0 Å². The Morgan fingerprint density at radius 2 is 1.70 bits per heavy atom. The fraction of sp³-hybridized carbons (Fsp3) is 0.0526. The molecule has 0 aliphatic rings. The third-order valence-electron chi connectivity index (χ3n) is 4.19. The summed E-state index contributed by atoms with van der Waals surface area (Å²) in [6.07, 6.45) is 1.50. The molecule has 0 atom stereocenters. The number of aromatic nitrogens is 6. The predicted octanol–water partition coefficient (Wildman–Crippen LogP) is 3.58. The number of imidazole rings is 2. The minimum atomic E-state index is 0.515. The van der Waals surface area contributed by atoms with Crippen molar-refractivity contribution in [2.75, 3.05) is 10.6 Å². The van der Waals surface area contributed by atoms with Gasteiger partial charge in [0.2, 0.25) is 5.95 Å². The average Bonchev–Trinajstić information content (AvgIpc) is 3.30. The van der Waals surface area contributed by atoms with E-state index in [1.807, 2.05) is 54.6 Å². The Hall–Kier alpha value is -3.94. The zero-order chi connectivity index (χ0) is 18.1. The van der Waals surface area contributed by atoms with Crippen molar-refractivity contribution in [1.29, 1.82) is 0 Å². The zero-order valence-electron chi connectivity index (χ0n) is 14.3. The van der Waals surface area contributed by atoms with Crippen LogP contribution in [0, 0.1) is 0 Å². The summed E-state index contributed by atoms with van der Waals surface area (Å²) in [6, 6.07) is 17.8. The quantitative estimate of drug-likeness (QED) is 0.383. The highest BCUT2D eigenvalue weighted by atomic mass is 15.2. The van der Waals surface area contributed by atoms with Crippen LogP contribution < -0.4 is 10.6 Å². The Labute approximate surface area is 154 Å². The Bertz CT molecular complexity index is 1180. The van der Waals surface area contributed by atoms with Gasteiger partial charge in [-0.3, -0.25) is 0 Å². The first-order chi connectivity index (χ1) is 13.3. The highest BCUT2D eigenvalue weighted by molar-refractivity contribution is 5.85. The van der Waals surface area contributed by atoms with Crippen LogP contribution in [-0.2, 0) is 6.54 Å². The second-order valence-electron chi connectivity index (χ2n) is 6.05. The molecule has 5 rings (SSSR count). The number of rotatable bonds is 5. The van der Waals surface area contributed by atoms with Gasteiger partial charge in [0.05, 0.1) is 17.6 Å². The van der Waals surface area contributed by atoms with Crippen LogP contribution in [0.2, 0.25) is 0 Å². The summed E-state index contributed by atoms with van der Waals surface area (Å²) in [5, 5.41) is 6.53. The van der Waals surface area contributed by atoms with E-state index < -0.39 is 0 Å². The van der Waals surface area contributed by atoms with Crippen LogP contribution in [-0.4, -0.2) is 29.9 Å². The maximum atomic E-state index is 4.57. The van der Waals surface area contributed by atoms with E-state index in [0.717, 1.165) is 28.1 Å². The molecule has 0 fully saturated rings. The van der Waals surface area contributed by atoms with Crippen LogP contribution in [0.3, 0.4) is 0 Å². The molecule has 3 aromatic heterocycles. The molecular weight excluding hydrogens is 340 g/mol. The molecule has 0 saturated carbocycles. The molecule has 0 radical (unpaired) electrons. The number of anilines is 3. The van der Waals surface area contributed by atoms with E-state index in [1.165, 1.54) is 6.33 Å². The largest absolute Gasteiger partial charge is 0.361 e. The maximum Gasteiger partial charge on any atom is 0.207 e. The average molecular weight is 356 g/mol. The second kappa shape index (κ2) is 6.41. The topological polar surface area (TPSA) is 107 Å². The molecule has 8 heteroatoms. The Balaban J connectivity index is 1.39. The Kier molecular flexibility index (Phi) is 3.64. The van der Waals surface area contributed by atoms with Gasteiger partial charge < -0.3 is 20.6 Å². The number of aromatic amines is 2. The molecule has 0 aliphatic heterocycles. The maximum absolute atomic E-state index is 4.57. The van der Waals surface area contributed by atoms with Gasteiger partial charge in [0.1, 0.15) is 17.7 Å². The van der Waals surface area contributed by atoms with Crippen molar-refractivity contribution in [2.24, 2.45) is 0 Å². The van der Waals surface area contributed by atoms with E-state index >= 15 is 0 Å². The van der Waals surface area contributed by atoms with Crippen molar-refractivity contribution >= 4 is 39.7 Å². The number of hydrogen-bond acceptors (Lipinski definition) is 6. The number of nitrogens with zero attached hydrogens (tertiary/aromatic N) is 4. The van der Waals surface area contributed by atoms with Gasteiger partial charge >= 0.3 is 0 Å². The zero-order valence-corrected chi connectivity index (χ0v) is 14.3. The van der Waals surface area contributed by atoms with E-state index in [9.17, 15) is 0 Å². The molecule has 2 aromatic carbocycles. The van der Waals surface area contributed by atoms with Crippen LogP contribution in [0.25, 0.3) is 22.2 Å². The molecule has 0 amide bonds. The summed E-state index contributed by atoms with van der Waals surface area (Å²) in [7, 11) is 0.